The molecule has 0 N–H and O–H groups in total. The fraction of sp³-hybridized carbons (Fsp3) is 0.167. The van der Waals surface area contributed by atoms with Crippen molar-refractivity contribution in [1.29, 1.82) is 0 Å². The van der Waals surface area contributed by atoms with Gasteiger partial charge in [-0.25, -0.2) is 9.37 Å². The molecular formula is C6H4Br2FN. The van der Waals surface area contributed by atoms with E-state index in [0.717, 1.165) is 0 Å². The van der Waals surface area contributed by atoms with Gasteiger partial charge in [-0.3, -0.25) is 0 Å². The molecule has 1 nitrogen and oxygen atoms in total. The van der Waals surface area contributed by atoms with E-state index >= 15 is 0 Å². The number of hydrogen-bond donors (Lipinski definition) is 0. The molecule has 0 atom stereocenters. The van der Waals surface area contributed by atoms with Gasteiger partial charge in [0.05, 0.1) is 0 Å². The Bertz CT molecular complexity index is 239. The summed E-state index contributed by atoms with van der Waals surface area (Å²) in [4.78, 5) is 3.86. The summed E-state index contributed by atoms with van der Waals surface area (Å²) in [5, 5.41) is 0.499. The summed E-state index contributed by atoms with van der Waals surface area (Å²) in [6, 6.07) is 1.34. The van der Waals surface area contributed by atoms with Crippen molar-refractivity contribution in [2.24, 2.45) is 0 Å². The van der Waals surface area contributed by atoms with E-state index in [1.54, 1.807) is 0 Å². The Morgan fingerprint density at radius 1 is 1.60 bits per heavy atom. The van der Waals surface area contributed by atoms with E-state index in [1.807, 2.05) is 0 Å². The molecule has 0 amide bonds. The van der Waals surface area contributed by atoms with Crippen molar-refractivity contribution in [1.82, 2.24) is 4.98 Å². The van der Waals surface area contributed by atoms with Crippen LogP contribution >= 0.6 is 31.9 Å². The van der Waals surface area contributed by atoms with E-state index < -0.39 is 0 Å². The van der Waals surface area contributed by atoms with E-state index in [9.17, 15) is 4.39 Å². The van der Waals surface area contributed by atoms with Gasteiger partial charge in [-0.2, -0.15) is 0 Å². The number of pyridine rings is 1. The highest BCUT2D eigenvalue weighted by molar-refractivity contribution is 9.10. The second-order valence-electron chi connectivity index (χ2n) is 1.73. The number of alkyl halides is 1. The minimum atomic E-state index is -0.237. The first-order valence-corrected chi connectivity index (χ1v) is 4.51. The minimum absolute atomic E-state index is 0.237. The number of halogens is 3. The van der Waals surface area contributed by atoms with Crippen LogP contribution in [0.4, 0.5) is 4.39 Å². The summed E-state index contributed by atoms with van der Waals surface area (Å²) in [6.07, 6.45) is 1.49. The van der Waals surface area contributed by atoms with Crippen LogP contribution in [0.5, 0.6) is 0 Å². The molecule has 0 aliphatic carbocycles. The van der Waals surface area contributed by atoms with Crippen molar-refractivity contribution in [3.05, 3.63) is 28.2 Å². The van der Waals surface area contributed by atoms with Gasteiger partial charge in [0.15, 0.2) is 0 Å². The summed E-state index contributed by atoms with van der Waals surface area (Å²) in [7, 11) is 0. The van der Waals surface area contributed by atoms with Gasteiger partial charge in [-0.05, 0) is 15.9 Å². The molecule has 10 heavy (non-hydrogen) atoms. The number of rotatable bonds is 1. The fourth-order valence-electron chi connectivity index (χ4n) is 0.534. The van der Waals surface area contributed by atoms with Crippen molar-refractivity contribution < 1.29 is 4.39 Å². The van der Waals surface area contributed by atoms with Crippen LogP contribution < -0.4 is 0 Å². The molecular weight excluding hydrogens is 265 g/mol. The Kier molecular flexibility index (Phi) is 2.80. The quantitative estimate of drug-likeness (QED) is 0.564. The third kappa shape index (κ3) is 1.76. The van der Waals surface area contributed by atoms with Gasteiger partial charge < -0.3 is 0 Å². The number of aromatic nitrogens is 1. The lowest BCUT2D eigenvalue weighted by Gasteiger charge is -1.96. The maximum absolute atomic E-state index is 12.8. The molecule has 4 heteroatoms. The molecule has 0 aromatic carbocycles. The third-order valence-electron chi connectivity index (χ3n) is 1.04. The summed E-state index contributed by atoms with van der Waals surface area (Å²) in [6.45, 7) is 0. The predicted octanol–water partition coefficient (Wildman–Crippen LogP) is 2.88. The standard InChI is InChI=1S/C6H4Br2FN/c7-2-4-3-10-6(8)1-5(4)9/h1,3H,2H2. The van der Waals surface area contributed by atoms with Crippen LogP contribution in [-0.2, 0) is 5.33 Å². The van der Waals surface area contributed by atoms with E-state index in [-0.39, 0.29) is 5.82 Å². The highest BCUT2D eigenvalue weighted by Gasteiger charge is 2.00. The predicted molar refractivity (Wildman–Crippen MR) is 44.5 cm³/mol. The molecule has 0 unspecified atom stereocenters. The Labute approximate surface area is 74.9 Å². The third-order valence-corrected chi connectivity index (χ3v) is 2.08. The van der Waals surface area contributed by atoms with Gasteiger partial charge in [-0.1, -0.05) is 15.9 Å². The maximum atomic E-state index is 12.8. The molecule has 1 heterocycles. The number of hydrogen-bond acceptors (Lipinski definition) is 1. The Balaban J connectivity index is 3.07. The molecule has 0 spiro atoms. The first-order valence-electron chi connectivity index (χ1n) is 2.60. The van der Waals surface area contributed by atoms with Gasteiger partial charge in [0.2, 0.25) is 0 Å². The average molecular weight is 269 g/mol. The monoisotopic (exact) mass is 267 g/mol. The van der Waals surface area contributed by atoms with Crippen LogP contribution in [0.15, 0.2) is 16.9 Å². The zero-order chi connectivity index (χ0) is 7.56. The lowest BCUT2D eigenvalue weighted by Crippen LogP contribution is -1.87. The Hall–Kier alpha value is 0.0400. The van der Waals surface area contributed by atoms with E-state index in [0.29, 0.717) is 15.5 Å². The molecule has 0 saturated heterocycles. The van der Waals surface area contributed by atoms with Crippen molar-refractivity contribution in [2.45, 2.75) is 5.33 Å². The average Bonchev–Trinajstić information content (AvgIpc) is 1.88. The lowest BCUT2D eigenvalue weighted by atomic mass is 10.3. The van der Waals surface area contributed by atoms with Crippen LogP contribution in [0.25, 0.3) is 0 Å². The molecule has 1 aromatic heterocycles. The van der Waals surface area contributed by atoms with Gasteiger partial charge in [-0.15, -0.1) is 0 Å². The van der Waals surface area contributed by atoms with Gasteiger partial charge in [0.1, 0.15) is 10.4 Å². The van der Waals surface area contributed by atoms with Crippen LogP contribution in [0, 0.1) is 5.82 Å². The highest BCUT2D eigenvalue weighted by Crippen LogP contribution is 2.13. The Morgan fingerprint density at radius 2 is 2.30 bits per heavy atom. The summed E-state index contributed by atoms with van der Waals surface area (Å²) >= 11 is 6.20. The minimum Gasteiger partial charge on any atom is -0.249 e. The summed E-state index contributed by atoms with van der Waals surface area (Å²) in [5.74, 6) is -0.237. The van der Waals surface area contributed by atoms with Crippen molar-refractivity contribution in [3.63, 3.8) is 0 Å². The second kappa shape index (κ2) is 3.44. The van der Waals surface area contributed by atoms with Crippen molar-refractivity contribution in [3.8, 4) is 0 Å². The maximum Gasteiger partial charge on any atom is 0.131 e. The first-order chi connectivity index (χ1) is 4.74. The van der Waals surface area contributed by atoms with Crippen molar-refractivity contribution in [2.75, 3.05) is 0 Å². The molecule has 1 rings (SSSR count). The van der Waals surface area contributed by atoms with Crippen LogP contribution in [0.1, 0.15) is 5.56 Å². The molecule has 0 aliphatic rings. The molecule has 1 aromatic rings. The summed E-state index contributed by atoms with van der Waals surface area (Å²) < 4.78 is 13.3. The topological polar surface area (TPSA) is 12.9 Å². The highest BCUT2D eigenvalue weighted by atomic mass is 79.9. The lowest BCUT2D eigenvalue weighted by molar-refractivity contribution is 0.613. The molecule has 54 valence electrons. The van der Waals surface area contributed by atoms with Gasteiger partial charge in [0, 0.05) is 23.2 Å². The number of nitrogens with zero attached hydrogens (tertiary/aromatic N) is 1. The molecule has 0 bridgehead atoms. The molecule has 0 radical (unpaired) electrons. The Morgan fingerprint density at radius 3 is 2.80 bits per heavy atom. The van der Waals surface area contributed by atoms with Crippen LogP contribution in [0.3, 0.4) is 0 Å². The zero-order valence-electron chi connectivity index (χ0n) is 4.94. The van der Waals surface area contributed by atoms with Crippen molar-refractivity contribution >= 4 is 31.9 Å². The van der Waals surface area contributed by atoms with Crippen LogP contribution in [0.2, 0.25) is 0 Å². The van der Waals surface area contributed by atoms with Crippen LogP contribution in [-0.4, -0.2) is 4.98 Å². The van der Waals surface area contributed by atoms with Gasteiger partial charge in [0.25, 0.3) is 0 Å². The molecule has 0 aliphatic heterocycles. The first kappa shape index (κ1) is 8.14. The smallest absolute Gasteiger partial charge is 0.131 e. The second-order valence-corrected chi connectivity index (χ2v) is 3.11. The normalized spacial score (nSPS) is 9.90. The van der Waals surface area contributed by atoms with Gasteiger partial charge >= 0.3 is 0 Å². The van der Waals surface area contributed by atoms with E-state index in [2.05, 4.69) is 36.8 Å². The zero-order valence-corrected chi connectivity index (χ0v) is 8.11. The molecule has 0 fully saturated rings. The molecule has 0 saturated carbocycles. The van der Waals surface area contributed by atoms with E-state index in [4.69, 9.17) is 0 Å². The van der Waals surface area contributed by atoms with E-state index in [1.165, 1.54) is 12.3 Å². The fourth-order valence-corrected chi connectivity index (χ4v) is 1.25. The largest absolute Gasteiger partial charge is 0.249 e. The SMILES string of the molecule is Fc1cc(Br)ncc1CBr. The summed E-state index contributed by atoms with van der Waals surface area (Å²) in [5.41, 5.74) is 0.572.